The number of hydrogen-bond donors (Lipinski definition) is 1. The van der Waals surface area contributed by atoms with Gasteiger partial charge in [-0.3, -0.25) is 24.1 Å². The van der Waals surface area contributed by atoms with Gasteiger partial charge in [0.05, 0.1) is 49.6 Å². The van der Waals surface area contributed by atoms with Gasteiger partial charge in [-0.15, -0.1) is 0 Å². The number of carbonyl (C=O) groups is 5. The van der Waals surface area contributed by atoms with Crippen molar-refractivity contribution in [2.24, 2.45) is 23.7 Å². The number of cyclic esters (lactones) is 1. The van der Waals surface area contributed by atoms with Crippen LogP contribution in [-0.2, 0) is 71.0 Å². The lowest BCUT2D eigenvalue weighted by atomic mass is 9.79. The van der Waals surface area contributed by atoms with Crippen LogP contribution in [0.1, 0.15) is 88.5 Å². The Morgan fingerprint density at radius 2 is 1.44 bits per heavy atom. The summed E-state index contributed by atoms with van der Waals surface area (Å²) in [4.78, 5) is 66.4. The Bertz CT molecular complexity index is 1640. The minimum atomic E-state index is -2.06. The molecule has 1 N–H and O–H groups in total. The number of allylic oxidation sites excluding steroid dienone is 3. The third kappa shape index (κ3) is 15.7. The number of likely N-dealkylation sites (N-methyl/N-ethyl adjacent to an activating group) is 1. The highest BCUT2D eigenvalue weighted by Gasteiger charge is 2.52. The number of nitrogens with zero attached hydrogens (tertiary/aromatic N) is 1. The van der Waals surface area contributed by atoms with E-state index in [1.165, 1.54) is 19.9 Å². The lowest BCUT2D eigenvalue weighted by Gasteiger charge is -2.48. The highest BCUT2D eigenvalue weighted by molar-refractivity contribution is 14.1. The minimum Gasteiger partial charge on any atom is -0.458 e. The second-order valence-electron chi connectivity index (χ2n) is 18.3. The highest BCUT2D eigenvalue weighted by Crippen LogP contribution is 2.37. The highest BCUT2D eigenvalue weighted by atomic mass is 127. The van der Waals surface area contributed by atoms with Gasteiger partial charge >= 0.3 is 17.9 Å². The fourth-order valence-corrected chi connectivity index (χ4v) is 12.9. The van der Waals surface area contributed by atoms with Crippen molar-refractivity contribution in [1.29, 1.82) is 0 Å². The molecule has 2 saturated heterocycles. The molecule has 3 heterocycles. The molecule has 3 aliphatic heterocycles. The summed E-state index contributed by atoms with van der Waals surface area (Å²) in [6.45, 7) is 17.9. The zero-order valence-corrected chi connectivity index (χ0v) is 44.6. The van der Waals surface area contributed by atoms with E-state index in [0.717, 1.165) is 24.4 Å². The lowest BCUT2D eigenvalue weighted by molar-refractivity contribution is -0.308. The quantitative estimate of drug-likeness (QED) is 0.0463. The van der Waals surface area contributed by atoms with Gasteiger partial charge in [-0.25, -0.2) is 0 Å². The van der Waals surface area contributed by atoms with Crippen LogP contribution in [0.3, 0.4) is 0 Å². The van der Waals surface area contributed by atoms with Crippen molar-refractivity contribution in [1.82, 2.24) is 4.90 Å². The van der Waals surface area contributed by atoms with Crippen LogP contribution >= 0.6 is 22.6 Å². The predicted molar refractivity (Wildman–Crippen MR) is 255 cm³/mol. The number of alkyl halides is 1. The van der Waals surface area contributed by atoms with E-state index in [4.69, 9.17) is 47.1 Å². The molecule has 3 aliphatic rings. The van der Waals surface area contributed by atoms with E-state index in [1.807, 2.05) is 42.5 Å². The SMILES string of the molecule is CC[Si](CC)(CC)O[C@@H]1C(C)O[C@@H](OCC2/C=C(C)/C=C/C(=O)[C@H](C)C[C@H](CC=O)[C@H](OC3OC(C)[C@@H](OC(C)=O)C(N(C)C)C3OC(C)=O)[C@@H](C)[C@H](O)CC(=O)O[C@@H]2I)C(OC)C1OC. The summed E-state index contributed by atoms with van der Waals surface area (Å²) in [6, 6.07) is 2.13. The van der Waals surface area contributed by atoms with Crippen molar-refractivity contribution in [3.05, 3.63) is 23.8 Å². The number of aldehydes is 1. The average molecular weight is 1070 g/mol. The summed E-state index contributed by atoms with van der Waals surface area (Å²) >= 11 is 2.02. The van der Waals surface area contributed by atoms with Crippen molar-refractivity contribution >= 4 is 60.9 Å². The van der Waals surface area contributed by atoms with Gasteiger partial charge in [0, 0.05) is 52.2 Å². The molecular weight excluding hydrogens is 989 g/mol. The number of aliphatic hydroxyl groups is 1. The predicted octanol–water partition coefficient (Wildman–Crippen LogP) is 5.72. The summed E-state index contributed by atoms with van der Waals surface area (Å²) in [5, 5.41) is 11.8. The van der Waals surface area contributed by atoms with Gasteiger partial charge in [0.2, 0.25) is 0 Å². The number of esters is 3. The maximum atomic E-state index is 13.8. The van der Waals surface area contributed by atoms with Gasteiger partial charge < -0.3 is 57.0 Å². The molecule has 66 heavy (non-hydrogen) atoms. The molecule has 0 aromatic heterocycles. The fourth-order valence-electron chi connectivity index (χ4n) is 9.33. The number of carbonyl (C=O) groups excluding carboxylic acids is 5. The van der Waals surface area contributed by atoms with Crippen LogP contribution in [0.5, 0.6) is 0 Å². The Labute approximate surface area is 406 Å². The Balaban J connectivity index is 1.98. The molecule has 0 bridgehead atoms. The molecule has 17 atom stereocenters. The third-order valence-electron chi connectivity index (χ3n) is 13.4. The molecule has 0 radical (unpaired) electrons. The number of ether oxygens (including phenoxy) is 9. The summed E-state index contributed by atoms with van der Waals surface area (Å²) in [6.07, 6.45) is -3.82. The van der Waals surface area contributed by atoms with Gasteiger partial charge in [-0.2, -0.15) is 0 Å². The molecule has 0 saturated carbocycles. The van der Waals surface area contributed by atoms with Crippen LogP contribution in [0.25, 0.3) is 0 Å². The zero-order chi connectivity index (χ0) is 49.6. The summed E-state index contributed by atoms with van der Waals surface area (Å²) < 4.78 is 61.4. The van der Waals surface area contributed by atoms with E-state index in [1.54, 1.807) is 60.1 Å². The molecule has 0 aromatic rings. The first kappa shape index (κ1) is 58.1. The number of rotatable bonds is 17. The standard InChI is InChI=1S/C47H78INO16Si/c1-15-66(16-2,17-3)65-41-30(8)59-46(44(57-14)43(41)56-13)58-25-34-22-26(4)18-19-35(53)27(5)23-33(20-21-50)39(28(6)36(54)24-37(55)63-45(34)48)64-47-42(62-32(10)52)38(49(11)12)40(29(7)60-47)61-31(9)51/h18-19,21-22,27-30,33-34,36,38-47,54H,15-17,20,23-25H2,1-14H3/b19-18+,26-22+/t27-,28+,29?,30?,33+,34?,36-,38?,39-,40-,41-,42?,43?,44?,45+,46-,47?/m1/s1. The summed E-state index contributed by atoms with van der Waals surface area (Å²) in [7, 11) is 4.61. The largest absolute Gasteiger partial charge is 0.458 e. The van der Waals surface area contributed by atoms with Crippen LogP contribution in [0.15, 0.2) is 23.8 Å². The average Bonchev–Trinajstić information content (AvgIpc) is 3.25. The fraction of sp³-hybridized carbons (Fsp3) is 0.809. The summed E-state index contributed by atoms with van der Waals surface area (Å²) in [5.41, 5.74) is 0.695. The van der Waals surface area contributed by atoms with Gasteiger partial charge in [-0.1, -0.05) is 52.3 Å². The second-order valence-corrected chi connectivity index (χ2v) is 24.2. The first-order valence-electron chi connectivity index (χ1n) is 23.3. The first-order chi connectivity index (χ1) is 31.1. The van der Waals surface area contributed by atoms with E-state index in [9.17, 15) is 29.1 Å². The Morgan fingerprint density at radius 1 is 0.864 bits per heavy atom. The van der Waals surface area contributed by atoms with Crippen molar-refractivity contribution in [3.8, 4) is 0 Å². The van der Waals surface area contributed by atoms with Crippen LogP contribution in [0.4, 0.5) is 0 Å². The van der Waals surface area contributed by atoms with E-state index >= 15 is 0 Å². The molecule has 0 aliphatic carbocycles. The Kier molecular flexibility index (Phi) is 24.0. The molecule has 19 heteroatoms. The van der Waals surface area contributed by atoms with Gasteiger partial charge in [0.15, 0.2) is 36.9 Å². The van der Waals surface area contributed by atoms with Crippen LogP contribution < -0.4 is 0 Å². The van der Waals surface area contributed by atoms with E-state index in [2.05, 4.69) is 20.8 Å². The topological polar surface area (TPSA) is 201 Å². The number of halogens is 1. The lowest BCUT2D eigenvalue weighted by Crippen LogP contribution is -2.65. The molecule has 0 amide bonds. The molecule has 0 spiro atoms. The second kappa shape index (κ2) is 27.3. The monoisotopic (exact) mass is 1070 g/mol. The maximum absolute atomic E-state index is 13.8. The molecule has 17 nitrogen and oxygen atoms in total. The third-order valence-corrected chi connectivity index (χ3v) is 19.2. The smallest absolute Gasteiger partial charge is 0.309 e. The molecule has 0 aromatic carbocycles. The number of aliphatic hydroxyl groups excluding tert-OH is 1. The molecular formula is C47H78INO16Si. The van der Waals surface area contributed by atoms with Gasteiger partial charge in [-0.05, 0) is 94.0 Å². The molecule has 2 fully saturated rings. The van der Waals surface area contributed by atoms with Crippen LogP contribution in [0, 0.1) is 23.7 Å². The normalized spacial score (nSPS) is 37.9. The Morgan fingerprint density at radius 3 is 1.98 bits per heavy atom. The van der Waals surface area contributed by atoms with Gasteiger partial charge in [0.1, 0.15) is 24.6 Å². The minimum absolute atomic E-state index is 0.0189. The Hall–Kier alpha value is -2.18. The zero-order valence-electron chi connectivity index (χ0n) is 41.5. The van der Waals surface area contributed by atoms with Crippen molar-refractivity contribution in [3.63, 3.8) is 0 Å². The first-order valence-corrected chi connectivity index (χ1v) is 27.1. The van der Waals surface area contributed by atoms with Crippen LogP contribution in [-0.4, -0.2) is 161 Å². The van der Waals surface area contributed by atoms with Crippen molar-refractivity contribution in [2.75, 3.05) is 34.9 Å². The van der Waals surface area contributed by atoms with Crippen LogP contribution in [0.2, 0.25) is 18.1 Å². The number of ketones is 1. The van der Waals surface area contributed by atoms with Crippen molar-refractivity contribution in [2.45, 2.75) is 184 Å². The van der Waals surface area contributed by atoms with Gasteiger partial charge in [0.25, 0.3) is 0 Å². The number of methoxy groups -OCH3 is 2. The van der Waals surface area contributed by atoms with E-state index < -0.39 is 128 Å². The van der Waals surface area contributed by atoms with E-state index in [0.29, 0.717) is 5.57 Å². The molecule has 378 valence electrons. The summed E-state index contributed by atoms with van der Waals surface area (Å²) in [5.74, 6) is -4.82. The number of hydrogen-bond acceptors (Lipinski definition) is 17. The van der Waals surface area contributed by atoms with Crippen molar-refractivity contribution < 1.29 is 76.1 Å². The molecule has 3 rings (SSSR count). The molecule has 8 unspecified atom stereocenters. The maximum Gasteiger partial charge on any atom is 0.309 e. The van der Waals surface area contributed by atoms with E-state index in [-0.39, 0.29) is 31.3 Å².